The molecular weight excluding hydrogens is 481 g/mol. The van der Waals surface area contributed by atoms with Crippen LogP contribution in [0.3, 0.4) is 0 Å². The van der Waals surface area contributed by atoms with Gasteiger partial charge in [-0.3, -0.25) is 0 Å². The summed E-state index contributed by atoms with van der Waals surface area (Å²) >= 11 is 0. The van der Waals surface area contributed by atoms with Gasteiger partial charge < -0.3 is 22.3 Å². The van der Waals surface area contributed by atoms with Crippen molar-refractivity contribution in [3.63, 3.8) is 0 Å². The Morgan fingerprint density at radius 3 is 2.37 bits per heavy atom. The number of hydrogen-bond donors (Lipinski definition) is 0. The molecule has 198 valence electrons. The second-order valence-corrected chi connectivity index (χ2v) is 10.2. The third-order valence-corrected chi connectivity index (χ3v) is 6.92. The van der Waals surface area contributed by atoms with Crippen LogP contribution in [0.4, 0.5) is 8.63 Å². The summed E-state index contributed by atoms with van der Waals surface area (Å²) in [5.74, 6) is -0.411. The highest BCUT2D eigenvalue weighted by atomic mass is 19.2. The van der Waals surface area contributed by atoms with Gasteiger partial charge in [0.2, 0.25) is 0 Å². The van der Waals surface area contributed by atoms with Crippen molar-refractivity contribution in [3.8, 4) is 0 Å². The van der Waals surface area contributed by atoms with Gasteiger partial charge in [0.05, 0.1) is 11.1 Å². The SMILES string of the molecule is CC(C)=CCC/C(C)=C/CC/C(C)=C/COC(=O)c1ccc(C2=C3C=CC=[N+]3[B-](F)(F)n3cccc32)cc1. The van der Waals surface area contributed by atoms with Crippen molar-refractivity contribution in [2.45, 2.75) is 53.4 Å². The van der Waals surface area contributed by atoms with Gasteiger partial charge in [-0.25, -0.2) is 4.79 Å². The number of fused-ring (bicyclic) bond motifs is 2. The van der Waals surface area contributed by atoms with Gasteiger partial charge in [-0.2, -0.15) is 0 Å². The van der Waals surface area contributed by atoms with Crippen LogP contribution in [-0.2, 0) is 4.74 Å². The van der Waals surface area contributed by atoms with Crippen LogP contribution in [-0.4, -0.2) is 34.7 Å². The molecule has 1 aromatic heterocycles. The van der Waals surface area contributed by atoms with E-state index in [1.165, 1.54) is 29.1 Å². The number of halogens is 2. The van der Waals surface area contributed by atoms with Crippen LogP contribution in [0.2, 0.25) is 0 Å². The average molecular weight is 516 g/mol. The van der Waals surface area contributed by atoms with Gasteiger partial charge in [-0.15, -0.1) is 0 Å². The summed E-state index contributed by atoms with van der Waals surface area (Å²) in [4.78, 5) is 12.6. The average Bonchev–Trinajstić information content (AvgIpc) is 3.56. The van der Waals surface area contributed by atoms with E-state index in [1.807, 2.05) is 13.0 Å². The maximum absolute atomic E-state index is 15.0. The highest BCUT2D eigenvalue weighted by molar-refractivity contribution is 6.57. The molecule has 0 saturated carbocycles. The van der Waals surface area contributed by atoms with Crippen molar-refractivity contribution >= 4 is 24.7 Å². The Bertz CT molecular complexity index is 1390. The van der Waals surface area contributed by atoms with E-state index in [1.54, 1.807) is 48.6 Å². The van der Waals surface area contributed by atoms with Crippen LogP contribution >= 0.6 is 0 Å². The molecule has 7 heteroatoms. The fourth-order valence-corrected chi connectivity index (χ4v) is 4.77. The largest absolute Gasteiger partial charge is 0.737 e. The Balaban J connectivity index is 1.34. The number of allylic oxidation sites excluding steroid dienone is 7. The number of carbonyl (C=O) groups is 1. The first kappa shape index (κ1) is 27.3. The minimum absolute atomic E-state index is 0.214. The molecule has 2 aromatic rings. The molecule has 0 atom stereocenters. The molecule has 0 N–H and O–H groups in total. The minimum Gasteiger partial charge on any atom is -0.458 e. The Morgan fingerprint density at radius 1 is 0.974 bits per heavy atom. The van der Waals surface area contributed by atoms with Gasteiger partial charge in [0.1, 0.15) is 12.8 Å². The van der Waals surface area contributed by atoms with Crippen molar-refractivity contribution in [2.24, 2.45) is 0 Å². The molecule has 0 radical (unpaired) electrons. The van der Waals surface area contributed by atoms with Crippen LogP contribution in [0, 0.1) is 0 Å². The lowest BCUT2D eigenvalue weighted by Gasteiger charge is -2.30. The van der Waals surface area contributed by atoms with Gasteiger partial charge in [0.15, 0.2) is 5.70 Å². The molecule has 1 aromatic carbocycles. The maximum Gasteiger partial charge on any atom is 0.737 e. The van der Waals surface area contributed by atoms with Crippen molar-refractivity contribution < 1.29 is 22.6 Å². The predicted molar refractivity (Wildman–Crippen MR) is 151 cm³/mol. The number of esters is 1. The van der Waals surface area contributed by atoms with E-state index in [4.69, 9.17) is 4.74 Å². The van der Waals surface area contributed by atoms with Crippen molar-refractivity contribution in [1.82, 2.24) is 4.48 Å². The molecule has 0 unspecified atom stereocenters. The second-order valence-electron chi connectivity index (χ2n) is 10.2. The van der Waals surface area contributed by atoms with Gasteiger partial charge in [0.25, 0.3) is 0 Å². The van der Waals surface area contributed by atoms with E-state index in [2.05, 4.69) is 32.9 Å². The molecule has 0 amide bonds. The van der Waals surface area contributed by atoms with Gasteiger partial charge in [-0.1, -0.05) is 41.0 Å². The molecule has 0 saturated heterocycles. The number of ether oxygens (including phenoxy) is 1. The van der Waals surface area contributed by atoms with Crippen molar-refractivity contribution in [2.75, 3.05) is 6.61 Å². The first-order valence-corrected chi connectivity index (χ1v) is 13.1. The van der Waals surface area contributed by atoms with Crippen LogP contribution < -0.4 is 0 Å². The van der Waals surface area contributed by atoms with Crippen molar-refractivity contribution in [1.29, 1.82) is 0 Å². The highest BCUT2D eigenvalue weighted by Crippen LogP contribution is 2.38. The number of nitrogens with zero attached hydrogens (tertiary/aromatic N) is 2. The molecule has 2 aliphatic rings. The first-order chi connectivity index (χ1) is 18.2. The Kier molecular flexibility index (Phi) is 8.45. The normalized spacial score (nSPS) is 16.2. The lowest BCUT2D eigenvalue weighted by Crippen LogP contribution is -2.49. The number of benzene rings is 1. The number of carbonyl (C=O) groups excluding carboxylic acids is 1. The van der Waals surface area contributed by atoms with Crippen LogP contribution in [0.5, 0.6) is 0 Å². The highest BCUT2D eigenvalue weighted by Gasteiger charge is 2.51. The summed E-state index contributed by atoms with van der Waals surface area (Å²) in [6, 6.07) is 10.3. The van der Waals surface area contributed by atoms with Gasteiger partial charge in [-0.05, 0) is 95.5 Å². The first-order valence-electron chi connectivity index (χ1n) is 13.1. The Morgan fingerprint density at radius 2 is 1.66 bits per heavy atom. The molecule has 3 heterocycles. The van der Waals surface area contributed by atoms with E-state index in [0.29, 0.717) is 22.5 Å². The minimum atomic E-state index is -3.93. The maximum atomic E-state index is 15.0. The molecule has 0 spiro atoms. The smallest absolute Gasteiger partial charge is 0.458 e. The topological polar surface area (TPSA) is 34.2 Å². The fraction of sp³-hybridized carbons (Fsp3) is 0.290. The number of rotatable bonds is 10. The fourth-order valence-electron chi connectivity index (χ4n) is 4.77. The molecule has 0 bridgehead atoms. The van der Waals surface area contributed by atoms with Crippen LogP contribution in [0.25, 0.3) is 5.57 Å². The van der Waals surface area contributed by atoms with Crippen LogP contribution in [0.1, 0.15) is 75.0 Å². The summed E-state index contributed by atoms with van der Waals surface area (Å²) in [7, 11) is 0. The standard InChI is InChI=1S/C31H35BF2N2O2/c1-23(2)9-5-10-24(3)11-6-12-25(4)19-22-38-31(37)27-17-15-26(16-18-27)30-28-13-7-20-35(28)32(33,34)36-21-8-14-29(30)36/h7-9,11,13-21H,5-6,10,12,22H2,1-4H3/b24-11+,25-19+. The van der Waals surface area contributed by atoms with E-state index in [9.17, 15) is 13.4 Å². The number of aromatic nitrogens is 1. The molecule has 4 nitrogen and oxygen atoms in total. The summed E-state index contributed by atoms with van der Waals surface area (Å²) in [6.45, 7) is 4.74. The lowest BCUT2D eigenvalue weighted by molar-refractivity contribution is -0.356. The zero-order valence-electron chi connectivity index (χ0n) is 22.6. The summed E-state index contributed by atoms with van der Waals surface area (Å²) in [5.41, 5.74) is 6.72. The number of hydrogen-bond acceptors (Lipinski definition) is 2. The summed E-state index contributed by atoms with van der Waals surface area (Å²) in [6.07, 6.45) is 16.7. The molecule has 0 aliphatic carbocycles. The quantitative estimate of drug-likeness (QED) is 0.184. The van der Waals surface area contributed by atoms with Crippen molar-refractivity contribution in [3.05, 3.63) is 112 Å². The van der Waals surface area contributed by atoms with Crippen LogP contribution in [0.15, 0.2) is 95.4 Å². The van der Waals surface area contributed by atoms with E-state index in [-0.39, 0.29) is 6.61 Å². The van der Waals surface area contributed by atoms with E-state index < -0.39 is 12.9 Å². The predicted octanol–water partition coefficient (Wildman–Crippen LogP) is 7.71. The Labute approximate surface area is 224 Å². The summed E-state index contributed by atoms with van der Waals surface area (Å²) < 4.78 is 37.4. The molecule has 0 fully saturated rings. The van der Waals surface area contributed by atoms with E-state index >= 15 is 0 Å². The van der Waals surface area contributed by atoms with E-state index in [0.717, 1.165) is 40.2 Å². The van der Waals surface area contributed by atoms with Gasteiger partial charge >= 0.3 is 12.9 Å². The second kappa shape index (κ2) is 11.8. The molecule has 38 heavy (non-hydrogen) atoms. The van der Waals surface area contributed by atoms with Gasteiger partial charge in [0, 0.05) is 17.8 Å². The zero-order chi connectivity index (χ0) is 27.3. The summed E-state index contributed by atoms with van der Waals surface area (Å²) in [5, 5.41) is 0. The lowest BCUT2D eigenvalue weighted by atomic mass is 9.86. The zero-order valence-corrected chi connectivity index (χ0v) is 22.6. The monoisotopic (exact) mass is 516 g/mol. The molecular formula is C31H35BF2N2O2. The molecule has 4 rings (SSSR count). The Hall–Kier alpha value is -3.74. The third kappa shape index (κ3) is 6.04. The third-order valence-electron chi connectivity index (χ3n) is 6.92. The molecule has 2 aliphatic heterocycles.